The van der Waals surface area contributed by atoms with Crippen molar-refractivity contribution >= 4 is 12.4 Å². The molecule has 2 aromatic rings. The van der Waals surface area contributed by atoms with E-state index in [9.17, 15) is 9.59 Å². The standard InChI is InChI=1S/C23H25NO5/c25-16-29-19-11-12-24-20(13-19)21(27-14-17-7-3-1-4-8-17)22(23(24)26)28-15-18-9-5-2-6-10-18/h1-10,16,19-22H,11-15H2/t19-,20-,21+,22-/m1/s1. The predicted octanol–water partition coefficient (Wildman–Crippen LogP) is 2.70. The molecule has 0 N–H and O–H groups in total. The molecule has 29 heavy (non-hydrogen) atoms. The number of piperidine rings is 1. The van der Waals surface area contributed by atoms with Gasteiger partial charge in [-0.1, -0.05) is 60.7 Å². The second-order valence-electron chi connectivity index (χ2n) is 7.46. The Bertz CT molecular complexity index is 813. The molecule has 0 saturated carbocycles. The Labute approximate surface area is 170 Å². The molecule has 0 unspecified atom stereocenters. The molecule has 2 aromatic carbocycles. The summed E-state index contributed by atoms with van der Waals surface area (Å²) in [6.45, 7) is 1.77. The molecule has 1 amide bonds. The molecule has 6 nitrogen and oxygen atoms in total. The number of benzene rings is 2. The van der Waals surface area contributed by atoms with Gasteiger partial charge in [-0.25, -0.2) is 0 Å². The van der Waals surface area contributed by atoms with Crippen LogP contribution in [0.25, 0.3) is 0 Å². The summed E-state index contributed by atoms with van der Waals surface area (Å²) in [7, 11) is 0. The SMILES string of the molecule is O=CO[C@@H]1CCN2C(=O)[C@H](OCc3ccccc3)[C@@H](OCc3ccccc3)[C@H]2C1. The number of rotatable bonds is 8. The fraction of sp³-hybridized carbons (Fsp3) is 0.391. The maximum absolute atomic E-state index is 13.1. The minimum Gasteiger partial charge on any atom is -0.464 e. The Balaban J connectivity index is 1.50. The normalized spacial score (nSPS) is 26.2. The maximum atomic E-state index is 13.1. The lowest BCUT2D eigenvalue weighted by atomic mass is 9.97. The summed E-state index contributed by atoms with van der Waals surface area (Å²) in [6, 6.07) is 19.5. The van der Waals surface area contributed by atoms with Gasteiger partial charge < -0.3 is 19.1 Å². The largest absolute Gasteiger partial charge is 0.464 e. The van der Waals surface area contributed by atoms with Gasteiger partial charge in [0.2, 0.25) is 0 Å². The molecular formula is C23H25NO5. The van der Waals surface area contributed by atoms with Crippen molar-refractivity contribution in [3.8, 4) is 0 Å². The number of amides is 1. The van der Waals surface area contributed by atoms with Crippen LogP contribution in [0.3, 0.4) is 0 Å². The minimum absolute atomic E-state index is 0.0476. The first kappa shape index (κ1) is 19.6. The van der Waals surface area contributed by atoms with Crippen molar-refractivity contribution in [1.82, 2.24) is 4.90 Å². The van der Waals surface area contributed by atoms with Gasteiger partial charge in [0.1, 0.15) is 12.2 Å². The van der Waals surface area contributed by atoms with Crippen LogP contribution in [0.15, 0.2) is 60.7 Å². The van der Waals surface area contributed by atoms with Crippen LogP contribution in [-0.2, 0) is 37.0 Å². The average molecular weight is 395 g/mol. The van der Waals surface area contributed by atoms with Gasteiger partial charge in [-0.15, -0.1) is 0 Å². The van der Waals surface area contributed by atoms with Crippen LogP contribution in [0.4, 0.5) is 0 Å². The summed E-state index contributed by atoms with van der Waals surface area (Å²) in [5, 5.41) is 0. The number of carbonyl (C=O) groups is 2. The lowest BCUT2D eigenvalue weighted by Gasteiger charge is -2.35. The summed E-state index contributed by atoms with van der Waals surface area (Å²) in [4.78, 5) is 25.7. The van der Waals surface area contributed by atoms with E-state index in [1.54, 1.807) is 0 Å². The lowest BCUT2D eigenvalue weighted by Crippen LogP contribution is -2.46. The number of carbonyl (C=O) groups excluding carboxylic acids is 2. The molecule has 4 rings (SSSR count). The van der Waals surface area contributed by atoms with Gasteiger partial charge in [0.05, 0.1) is 19.3 Å². The summed E-state index contributed by atoms with van der Waals surface area (Å²) in [6.07, 6.45) is -0.0759. The molecule has 0 radical (unpaired) electrons. The first-order chi connectivity index (χ1) is 14.3. The highest BCUT2D eigenvalue weighted by molar-refractivity contribution is 5.85. The molecule has 0 spiro atoms. The highest BCUT2D eigenvalue weighted by atomic mass is 16.6. The maximum Gasteiger partial charge on any atom is 0.293 e. The Morgan fingerprint density at radius 3 is 2.17 bits per heavy atom. The number of hydrogen-bond acceptors (Lipinski definition) is 5. The highest BCUT2D eigenvalue weighted by Gasteiger charge is 2.52. The zero-order valence-corrected chi connectivity index (χ0v) is 16.2. The Morgan fingerprint density at radius 2 is 1.55 bits per heavy atom. The number of hydrogen-bond donors (Lipinski definition) is 0. The van der Waals surface area contributed by atoms with Crippen LogP contribution in [0.5, 0.6) is 0 Å². The molecule has 2 heterocycles. The summed E-state index contributed by atoms with van der Waals surface area (Å²) in [5.74, 6) is -0.0476. The van der Waals surface area contributed by atoms with Gasteiger partial charge in [0.25, 0.3) is 12.4 Å². The summed E-state index contributed by atoms with van der Waals surface area (Å²) in [5.41, 5.74) is 2.05. The minimum atomic E-state index is -0.668. The van der Waals surface area contributed by atoms with Crippen LogP contribution in [0, 0.1) is 0 Å². The molecule has 2 aliphatic heterocycles. The van der Waals surface area contributed by atoms with Crippen LogP contribution in [-0.4, -0.2) is 48.2 Å². The van der Waals surface area contributed by atoms with Crippen molar-refractivity contribution < 1.29 is 23.8 Å². The number of ether oxygens (including phenoxy) is 3. The predicted molar refractivity (Wildman–Crippen MR) is 106 cm³/mol. The van der Waals surface area contributed by atoms with E-state index in [2.05, 4.69) is 0 Å². The van der Waals surface area contributed by atoms with Crippen LogP contribution in [0.1, 0.15) is 24.0 Å². The van der Waals surface area contributed by atoms with E-state index >= 15 is 0 Å². The average Bonchev–Trinajstić information content (AvgIpc) is 3.03. The zero-order valence-electron chi connectivity index (χ0n) is 16.2. The number of fused-ring (bicyclic) bond motifs is 1. The van der Waals surface area contributed by atoms with Crippen LogP contribution in [0.2, 0.25) is 0 Å². The zero-order chi connectivity index (χ0) is 20.1. The van der Waals surface area contributed by atoms with Crippen molar-refractivity contribution in [2.45, 2.75) is 50.4 Å². The molecule has 0 aliphatic carbocycles. The fourth-order valence-corrected chi connectivity index (χ4v) is 4.15. The van der Waals surface area contributed by atoms with E-state index < -0.39 is 12.2 Å². The van der Waals surface area contributed by atoms with Gasteiger partial charge in [-0.05, 0) is 11.1 Å². The first-order valence-electron chi connectivity index (χ1n) is 9.97. The highest BCUT2D eigenvalue weighted by Crippen LogP contribution is 2.34. The summed E-state index contributed by atoms with van der Waals surface area (Å²) < 4.78 is 17.5. The molecular weight excluding hydrogens is 370 g/mol. The van der Waals surface area contributed by atoms with E-state index in [1.807, 2.05) is 65.6 Å². The third-order valence-corrected chi connectivity index (χ3v) is 5.61. The van der Waals surface area contributed by atoms with Gasteiger partial charge in [0.15, 0.2) is 6.10 Å². The molecule has 152 valence electrons. The van der Waals surface area contributed by atoms with Gasteiger partial charge in [-0.3, -0.25) is 9.59 Å². The fourth-order valence-electron chi connectivity index (χ4n) is 4.15. The Morgan fingerprint density at radius 1 is 0.931 bits per heavy atom. The van der Waals surface area contributed by atoms with Crippen molar-refractivity contribution in [3.63, 3.8) is 0 Å². The van der Waals surface area contributed by atoms with Crippen molar-refractivity contribution in [2.75, 3.05) is 6.54 Å². The second-order valence-corrected chi connectivity index (χ2v) is 7.46. The molecule has 4 atom stereocenters. The van der Waals surface area contributed by atoms with Crippen molar-refractivity contribution in [3.05, 3.63) is 71.8 Å². The van der Waals surface area contributed by atoms with Crippen molar-refractivity contribution in [1.29, 1.82) is 0 Å². The van der Waals surface area contributed by atoms with E-state index in [-0.39, 0.29) is 18.1 Å². The second kappa shape index (κ2) is 9.20. The Kier molecular flexibility index (Phi) is 6.22. The third-order valence-electron chi connectivity index (χ3n) is 5.61. The van der Waals surface area contributed by atoms with Gasteiger partial charge >= 0.3 is 0 Å². The molecule has 6 heteroatoms. The Hall–Kier alpha value is -2.70. The van der Waals surface area contributed by atoms with Crippen molar-refractivity contribution in [2.24, 2.45) is 0 Å². The summed E-state index contributed by atoms with van der Waals surface area (Å²) >= 11 is 0. The monoisotopic (exact) mass is 395 g/mol. The molecule has 2 fully saturated rings. The quantitative estimate of drug-likeness (QED) is 0.643. The number of nitrogens with zero attached hydrogens (tertiary/aromatic N) is 1. The molecule has 2 aliphatic rings. The van der Waals surface area contributed by atoms with Gasteiger partial charge in [0, 0.05) is 19.4 Å². The van der Waals surface area contributed by atoms with E-state index in [0.29, 0.717) is 39.1 Å². The van der Waals surface area contributed by atoms with Crippen LogP contribution >= 0.6 is 0 Å². The van der Waals surface area contributed by atoms with E-state index in [0.717, 1.165) is 11.1 Å². The smallest absolute Gasteiger partial charge is 0.293 e. The van der Waals surface area contributed by atoms with E-state index in [4.69, 9.17) is 14.2 Å². The molecule has 0 bridgehead atoms. The third kappa shape index (κ3) is 4.49. The molecule has 2 saturated heterocycles. The topological polar surface area (TPSA) is 65.1 Å². The van der Waals surface area contributed by atoms with Gasteiger partial charge in [-0.2, -0.15) is 0 Å². The first-order valence-corrected chi connectivity index (χ1v) is 9.97. The van der Waals surface area contributed by atoms with Crippen LogP contribution < -0.4 is 0 Å². The van der Waals surface area contributed by atoms with E-state index in [1.165, 1.54) is 0 Å². The lowest BCUT2D eigenvalue weighted by molar-refractivity contribution is -0.143. The molecule has 0 aromatic heterocycles.